The van der Waals surface area contributed by atoms with Crippen molar-refractivity contribution in [2.45, 2.75) is 12.8 Å². The minimum absolute atomic E-state index is 0.959. The summed E-state index contributed by atoms with van der Waals surface area (Å²) in [5.74, 6) is 0. The van der Waals surface area contributed by atoms with Gasteiger partial charge in [0.15, 0.2) is 0 Å². The zero-order chi connectivity index (χ0) is 9.38. The molecule has 0 atom stereocenters. The van der Waals surface area contributed by atoms with Crippen molar-refractivity contribution >= 4 is 5.57 Å². The van der Waals surface area contributed by atoms with Gasteiger partial charge in [0, 0.05) is 24.0 Å². The quantitative estimate of drug-likeness (QED) is 0.666. The Bertz CT molecular complexity index is 430. The average Bonchev–Trinajstić information content (AvgIpc) is 2.29. The highest BCUT2D eigenvalue weighted by Gasteiger charge is 2.18. The predicted octanol–water partition coefficient (Wildman–Crippen LogP) is 1.90. The van der Waals surface area contributed by atoms with Crippen molar-refractivity contribution in [1.82, 2.24) is 10.3 Å². The lowest BCUT2D eigenvalue weighted by molar-refractivity contribution is 0.775. The largest absolute Gasteiger partial charge is 0.384 e. The molecule has 3 rings (SSSR count). The Morgan fingerprint density at radius 3 is 3.29 bits per heavy atom. The standard InChI is InChI=1S/C12H12N2/c1-3-9-5-6-11-10(4-2-7-13-11)12(9)14-8-1/h1-4,8,13H,5-7H2. The maximum absolute atomic E-state index is 4.45. The van der Waals surface area contributed by atoms with E-state index in [1.165, 1.54) is 16.8 Å². The lowest BCUT2D eigenvalue weighted by atomic mass is 9.91. The fourth-order valence-electron chi connectivity index (χ4n) is 2.14. The third-order valence-corrected chi connectivity index (χ3v) is 2.83. The van der Waals surface area contributed by atoms with Gasteiger partial charge in [0.2, 0.25) is 0 Å². The Kier molecular flexibility index (Phi) is 1.66. The van der Waals surface area contributed by atoms with Crippen LogP contribution in [0.5, 0.6) is 0 Å². The van der Waals surface area contributed by atoms with E-state index in [1.807, 2.05) is 12.3 Å². The highest BCUT2D eigenvalue weighted by atomic mass is 14.9. The third-order valence-electron chi connectivity index (χ3n) is 2.83. The van der Waals surface area contributed by atoms with Gasteiger partial charge in [-0.2, -0.15) is 0 Å². The van der Waals surface area contributed by atoms with Crippen molar-refractivity contribution < 1.29 is 0 Å². The molecule has 0 aromatic carbocycles. The van der Waals surface area contributed by atoms with Crippen molar-refractivity contribution in [3.05, 3.63) is 47.4 Å². The minimum atomic E-state index is 0.959. The molecular formula is C12H12N2. The minimum Gasteiger partial charge on any atom is -0.384 e. The molecule has 0 bridgehead atoms. The second-order valence-electron chi connectivity index (χ2n) is 3.69. The summed E-state index contributed by atoms with van der Waals surface area (Å²) in [7, 11) is 0. The fraction of sp³-hybridized carbons (Fsp3) is 0.250. The summed E-state index contributed by atoms with van der Waals surface area (Å²) in [5, 5.41) is 3.41. The van der Waals surface area contributed by atoms with Crippen LogP contribution >= 0.6 is 0 Å². The number of nitrogens with zero attached hydrogens (tertiary/aromatic N) is 1. The molecule has 70 valence electrons. The first-order valence-corrected chi connectivity index (χ1v) is 5.03. The number of fused-ring (bicyclic) bond motifs is 2. The Morgan fingerprint density at radius 1 is 1.29 bits per heavy atom. The number of pyridine rings is 1. The summed E-state index contributed by atoms with van der Waals surface area (Å²) in [6, 6.07) is 4.19. The van der Waals surface area contributed by atoms with E-state index in [-0.39, 0.29) is 0 Å². The van der Waals surface area contributed by atoms with Gasteiger partial charge >= 0.3 is 0 Å². The monoisotopic (exact) mass is 184 g/mol. The van der Waals surface area contributed by atoms with E-state index in [1.54, 1.807) is 0 Å². The normalized spacial score (nSPS) is 18.6. The highest BCUT2D eigenvalue weighted by Crippen LogP contribution is 2.30. The van der Waals surface area contributed by atoms with E-state index in [9.17, 15) is 0 Å². The molecule has 0 fully saturated rings. The van der Waals surface area contributed by atoms with Gasteiger partial charge < -0.3 is 5.32 Å². The highest BCUT2D eigenvalue weighted by molar-refractivity contribution is 5.78. The molecule has 1 aliphatic carbocycles. The van der Waals surface area contributed by atoms with Crippen molar-refractivity contribution in [2.24, 2.45) is 0 Å². The van der Waals surface area contributed by atoms with Crippen LogP contribution in [-0.4, -0.2) is 11.5 Å². The Labute approximate surface area is 83.4 Å². The summed E-state index contributed by atoms with van der Waals surface area (Å²) in [4.78, 5) is 4.45. The SMILES string of the molecule is C1=CC2=C(CCc3cccnc32)NC1. The number of aryl methyl sites for hydroxylation is 1. The van der Waals surface area contributed by atoms with Crippen LogP contribution in [0.2, 0.25) is 0 Å². The van der Waals surface area contributed by atoms with Crippen LogP contribution in [0.3, 0.4) is 0 Å². The average molecular weight is 184 g/mol. The van der Waals surface area contributed by atoms with Gasteiger partial charge in [-0.15, -0.1) is 0 Å². The van der Waals surface area contributed by atoms with Crippen LogP contribution < -0.4 is 5.32 Å². The maximum Gasteiger partial charge on any atom is 0.0751 e. The molecule has 2 nitrogen and oxygen atoms in total. The maximum atomic E-state index is 4.45. The van der Waals surface area contributed by atoms with Gasteiger partial charge in [0.25, 0.3) is 0 Å². The molecule has 0 spiro atoms. The first kappa shape index (κ1) is 7.80. The van der Waals surface area contributed by atoms with E-state index in [4.69, 9.17) is 0 Å². The van der Waals surface area contributed by atoms with E-state index in [2.05, 4.69) is 28.5 Å². The summed E-state index contributed by atoms with van der Waals surface area (Å²) in [6.07, 6.45) is 8.46. The third kappa shape index (κ3) is 1.07. The summed E-state index contributed by atoms with van der Waals surface area (Å²) < 4.78 is 0. The van der Waals surface area contributed by atoms with Gasteiger partial charge in [-0.05, 0) is 24.5 Å². The Hall–Kier alpha value is -1.57. The number of allylic oxidation sites excluding steroid dienone is 3. The molecule has 0 amide bonds. The van der Waals surface area contributed by atoms with E-state index in [0.717, 1.165) is 25.1 Å². The molecular weight excluding hydrogens is 172 g/mol. The van der Waals surface area contributed by atoms with E-state index >= 15 is 0 Å². The van der Waals surface area contributed by atoms with Gasteiger partial charge in [-0.3, -0.25) is 4.98 Å². The van der Waals surface area contributed by atoms with Crippen LogP contribution in [-0.2, 0) is 6.42 Å². The first-order valence-electron chi connectivity index (χ1n) is 5.03. The lowest BCUT2D eigenvalue weighted by Gasteiger charge is -2.23. The molecule has 2 heterocycles. The number of rotatable bonds is 0. The smallest absolute Gasteiger partial charge is 0.0751 e. The van der Waals surface area contributed by atoms with E-state index in [0.29, 0.717) is 0 Å². The van der Waals surface area contributed by atoms with Gasteiger partial charge in [-0.1, -0.05) is 18.2 Å². The van der Waals surface area contributed by atoms with Gasteiger partial charge in [0.1, 0.15) is 0 Å². The van der Waals surface area contributed by atoms with Crippen molar-refractivity contribution in [1.29, 1.82) is 0 Å². The Morgan fingerprint density at radius 2 is 2.29 bits per heavy atom. The van der Waals surface area contributed by atoms with Gasteiger partial charge in [0.05, 0.1) is 5.69 Å². The molecule has 0 unspecified atom stereocenters. The van der Waals surface area contributed by atoms with Crippen LogP contribution in [0.15, 0.2) is 36.2 Å². The lowest BCUT2D eigenvalue weighted by Crippen LogP contribution is -2.22. The molecule has 1 aliphatic heterocycles. The van der Waals surface area contributed by atoms with Crippen LogP contribution in [0.25, 0.3) is 5.57 Å². The molecule has 1 N–H and O–H groups in total. The second-order valence-corrected chi connectivity index (χ2v) is 3.69. The molecule has 1 aromatic heterocycles. The predicted molar refractivity (Wildman–Crippen MR) is 56.6 cm³/mol. The molecule has 1 aromatic rings. The summed E-state index contributed by atoms with van der Waals surface area (Å²) >= 11 is 0. The number of hydrogen-bond acceptors (Lipinski definition) is 2. The number of aromatic nitrogens is 1. The van der Waals surface area contributed by atoms with E-state index < -0.39 is 0 Å². The molecule has 2 heteroatoms. The number of hydrogen-bond donors (Lipinski definition) is 1. The fourth-order valence-corrected chi connectivity index (χ4v) is 2.14. The zero-order valence-electron chi connectivity index (χ0n) is 7.96. The molecule has 0 saturated heterocycles. The van der Waals surface area contributed by atoms with Crippen LogP contribution in [0.1, 0.15) is 17.7 Å². The molecule has 0 saturated carbocycles. The second kappa shape index (κ2) is 2.98. The van der Waals surface area contributed by atoms with Crippen molar-refractivity contribution in [2.75, 3.05) is 6.54 Å². The topological polar surface area (TPSA) is 24.9 Å². The zero-order valence-corrected chi connectivity index (χ0v) is 7.96. The summed E-state index contributed by atoms with van der Waals surface area (Å²) in [6.45, 7) is 0.959. The molecule has 14 heavy (non-hydrogen) atoms. The molecule has 2 aliphatic rings. The number of dihydropyridines is 1. The Balaban J connectivity index is 2.19. The summed E-state index contributed by atoms with van der Waals surface area (Å²) in [5.41, 5.74) is 5.19. The van der Waals surface area contributed by atoms with Gasteiger partial charge in [-0.25, -0.2) is 0 Å². The van der Waals surface area contributed by atoms with Crippen LogP contribution in [0, 0.1) is 0 Å². The first-order chi connectivity index (χ1) is 6.95. The number of nitrogens with one attached hydrogen (secondary N) is 1. The molecule has 0 radical (unpaired) electrons. The van der Waals surface area contributed by atoms with Crippen LogP contribution in [0.4, 0.5) is 0 Å². The van der Waals surface area contributed by atoms with Crippen molar-refractivity contribution in [3.63, 3.8) is 0 Å². The van der Waals surface area contributed by atoms with Crippen molar-refractivity contribution in [3.8, 4) is 0 Å².